The van der Waals surface area contributed by atoms with Crippen molar-refractivity contribution in [3.05, 3.63) is 22.6 Å². The normalized spacial score (nSPS) is 25.2. The van der Waals surface area contributed by atoms with E-state index in [1.165, 1.54) is 0 Å². The van der Waals surface area contributed by atoms with Crippen LogP contribution in [0.2, 0.25) is 0 Å². The monoisotopic (exact) mass is 315 g/mol. The van der Waals surface area contributed by atoms with Gasteiger partial charge in [0.15, 0.2) is 4.67 Å². The molecule has 0 amide bonds. The lowest BCUT2D eigenvalue weighted by Gasteiger charge is -2.39. The predicted octanol–water partition coefficient (Wildman–Crippen LogP) is 3.12. The Morgan fingerprint density at radius 3 is 2.94 bits per heavy atom. The van der Waals surface area contributed by atoms with Crippen LogP contribution < -0.4 is 0 Å². The van der Waals surface area contributed by atoms with Crippen molar-refractivity contribution >= 4 is 21.9 Å². The van der Waals surface area contributed by atoms with Gasteiger partial charge in [-0.1, -0.05) is 6.92 Å². The lowest BCUT2D eigenvalue weighted by atomic mass is 9.77. The Balaban J connectivity index is 2.04. The number of hydrogen-bond donors (Lipinski definition) is 1. The van der Waals surface area contributed by atoms with Crippen LogP contribution in [-0.2, 0) is 11.3 Å². The standard InChI is InChI=1S/C13H18BrNO3/c1-2-13(12(16)17)6-3-7-15(9-13)8-10-4-5-11(14)18-10/h4-5H,2-3,6-9H2,1H3,(H,16,17). The first-order valence-electron chi connectivity index (χ1n) is 6.26. The van der Waals surface area contributed by atoms with Gasteiger partial charge in [0.05, 0.1) is 12.0 Å². The molecule has 1 saturated heterocycles. The van der Waals surface area contributed by atoms with Gasteiger partial charge in [0.25, 0.3) is 0 Å². The van der Waals surface area contributed by atoms with Crippen LogP contribution in [0.25, 0.3) is 0 Å². The number of carboxylic acids is 1. The van der Waals surface area contributed by atoms with Gasteiger partial charge in [-0.3, -0.25) is 9.69 Å². The molecule has 0 aromatic carbocycles. The number of rotatable bonds is 4. The fourth-order valence-electron chi connectivity index (χ4n) is 2.63. The lowest BCUT2D eigenvalue weighted by Crippen LogP contribution is -2.47. The molecule has 2 rings (SSSR count). The Morgan fingerprint density at radius 1 is 1.61 bits per heavy atom. The fraction of sp³-hybridized carbons (Fsp3) is 0.615. The average molecular weight is 316 g/mol. The van der Waals surface area contributed by atoms with E-state index in [2.05, 4.69) is 20.8 Å². The average Bonchev–Trinajstić information content (AvgIpc) is 2.74. The molecule has 1 aliphatic rings. The Morgan fingerprint density at radius 2 is 2.39 bits per heavy atom. The van der Waals surface area contributed by atoms with Gasteiger partial charge in [-0.05, 0) is 53.9 Å². The summed E-state index contributed by atoms with van der Waals surface area (Å²) < 4.78 is 6.19. The number of nitrogens with zero attached hydrogens (tertiary/aromatic N) is 1. The van der Waals surface area contributed by atoms with E-state index in [-0.39, 0.29) is 0 Å². The van der Waals surface area contributed by atoms with E-state index in [1.807, 2.05) is 19.1 Å². The van der Waals surface area contributed by atoms with Crippen molar-refractivity contribution in [1.29, 1.82) is 0 Å². The van der Waals surface area contributed by atoms with Crippen molar-refractivity contribution in [2.24, 2.45) is 5.41 Å². The molecule has 5 heteroatoms. The summed E-state index contributed by atoms with van der Waals surface area (Å²) in [7, 11) is 0. The van der Waals surface area contributed by atoms with Crippen LogP contribution >= 0.6 is 15.9 Å². The molecule has 1 aromatic heterocycles. The van der Waals surface area contributed by atoms with E-state index < -0.39 is 11.4 Å². The van der Waals surface area contributed by atoms with E-state index in [0.29, 0.717) is 19.5 Å². The van der Waals surface area contributed by atoms with Crippen LogP contribution in [0.5, 0.6) is 0 Å². The van der Waals surface area contributed by atoms with Crippen LogP contribution in [0.4, 0.5) is 0 Å². The van der Waals surface area contributed by atoms with E-state index >= 15 is 0 Å². The summed E-state index contributed by atoms with van der Waals surface area (Å²) in [5.74, 6) is 0.203. The topological polar surface area (TPSA) is 53.7 Å². The quantitative estimate of drug-likeness (QED) is 0.927. The third-order valence-corrected chi connectivity index (χ3v) is 4.22. The molecule has 1 unspecified atom stereocenters. The Labute approximate surface area is 115 Å². The molecular formula is C13H18BrNO3. The highest BCUT2D eigenvalue weighted by molar-refractivity contribution is 9.10. The summed E-state index contributed by atoms with van der Waals surface area (Å²) in [5.41, 5.74) is -0.581. The van der Waals surface area contributed by atoms with Crippen molar-refractivity contribution in [3.63, 3.8) is 0 Å². The maximum absolute atomic E-state index is 11.5. The van der Waals surface area contributed by atoms with Gasteiger partial charge in [0.1, 0.15) is 5.76 Å². The zero-order valence-corrected chi connectivity index (χ0v) is 12.1. The molecule has 1 atom stereocenters. The van der Waals surface area contributed by atoms with Crippen molar-refractivity contribution in [2.45, 2.75) is 32.7 Å². The molecule has 1 N–H and O–H groups in total. The molecule has 1 aliphatic heterocycles. The van der Waals surface area contributed by atoms with Crippen LogP contribution in [0.1, 0.15) is 31.9 Å². The number of hydrogen-bond acceptors (Lipinski definition) is 3. The molecule has 2 heterocycles. The minimum atomic E-state index is -0.671. The number of carboxylic acid groups (broad SMARTS) is 1. The fourth-order valence-corrected chi connectivity index (χ4v) is 2.97. The van der Waals surface area contributed by atoms with Crippen LogP contribution in [0, 0.1) is 5.41 Å². The zero-order chi connectivity index (χ0) is 13.2. The van der Waals surface area contributed by atoms with Crippen LogP contribution in [0.15, 0.2) is 21.2 Å². The summed E-state index contributed by atoms with van der Waals surface area (Å²) in [6.45, 7) is 4.19. The summed E-state index contributed by atoms with van der Waals surface area (Å²) in [5, 5.41) is 9.42. The van der Waals surface area contributed by atoms with E-state index in [9.17, 15) is 9.90 Å². The number of piperidine rings is 1. The molecule has 100 valence electrons. The van der Waals surface area contributed by atoms with Crippen molar-refractivity contribution in [2.75, 3.05) is 13.1 Å². The Hall–Kier alpha value is -0.810. The largest absolute Gasteiger partial charge is 0.481 e. The van der Waals surface area contributed by atoms with Gasteiger partial charge in [-0.2, -0.15) is 0 Å². The second-order valence-electron chi connectivity index (χ2n) is 4.96. The highest BCUT2D eigenvalue weighted by atomic mass is 79.9. The summed E-state index contributed by atoms with van der Waals surface area (Å²) in [4.78, 5) is 13.6. The minimum Gasteiger partial charge on any atom is -0.481 e. The van der Waals surface area contributed by atoms with Crippen LogP contribution in [0.3, 0.4) is 0 Å². The predicted molar refractivity (Wildman–Crippen MR) is 71.3 cm³/mol. The molecule has 1 fully saturated rings. The molecule has 4 nitrogen and oxygen atoms in total. The van der Waals surface area contributed by atoms with Gasteiger partial charge in [0, 0.05) is 6.54 Å². The summed E-state index contributed by atoms with van der Waals surface area (Å²) in [6, 6.07) is 3.79. The number of halogens is 1. The highest BCUT2D eigenvalue weighted by Gasteiger charge is 2.40. The Kier molecular flexibility index (Phi) is 4.12. The number of carbonyl (C=O) groups is 1. The van der Waals surface area contributed by atoms with Crippen molar-refractivity contribution in [3.8, 4) is 0 Å². The van der Waals surface area contributed by atoms with Crippen molar-refractivity contribution in [1.82, 2.24) is 4.90 Å². The lowest BCUT2D eigenvalue weighted by molar-refractivity contribution is -0.153. The third-order valence-electron chi connectivity index (χ3n) is 3.79. The Bertz CT molecular complexity index is 432. The first-order valence-corrected chi connectivity index (χ1v) is 7.05. The SMILES string of the molecule is CCC1(C(=O)O)CCCN(Cc2ccc(Br)o2)C1. The number of furan rings is 1. The van der Waals surface area contributed by atoms with Gasteiger partial charge in [0.2, 0.25) is 0 Å². The first-order chi connectivity index (χ1) is 8.55. The maximum Gasteiger partial charge on any atom is 0.310 e. The summed E-state index contributed by atoms with van der Waals surface area (Å²) >= 11 is 3.28. The molecule has 0 aliphatic carbocycles. The second kappa shape index (κ2) is 5.45. The highest BCUT2D eigenvalue weighted by Crippen LogP contribution is 2.34. The van der Waals surface area contributed by atoms with Gasteiger partial charge < -0.3 is 9.52 Å². The summed E-state index contributed by atoms with van der Waals surface area (Å²) in [6.07, 6.45) is 2.39. The molecule has 0 spiro atoms. The van der Waals surface area contributed by atoms with Crippen LogP contribution in [-0.4, -0.2) is 29.1 Å². The molecular weight excluding hydrogens is 298 g/mol. The second-order valence-corrected chi connectivity index (χ2v) is 5.74. The molecule has 18 heavy (non-hydrogen) atoms. The minimum absolute atomic E-state index is 0.581. The number of aliphatic carboxylic acids is 1. The van der Waals surface area contributed by atoms with E-state index in [4.69, 9.17) is 4.42 Å². The number of likely N-dealkylation sites (tertiary alicyclic amines) is 1. The van der Waals surface area contributed by atoms with Gasteiger partial charge >= 0.3 is 5.97 Å². The van der Waals surface area contributed by atoms with E-state index in [1.54, 1.807) is 0 Å². The smallest absolute Gasteiger partial charge is 0.310 e. The van der Waals surface area contributed by atoms with Crippen molar-refractivity contribution < 1.29 is 14.3 Å². The van der Waals surface area contributed by atoms with Gasteiger partial charge in [-0.15, -0.1) is 0 Å². The maximum atomic E-state index is 11.5. The third kappa shape index (κ3) is 2.78. The van der Waals surface area contributed by atoms with E-state index in [0.717, 1.165) is 29.8 Å². The first kappa shape index (κ1) is 13.6. The molecule has 0 saturated carbocycles. The molecule has 1 aromatic rings. The molecule has 0 bridgehead atoms. The molecule has 0 radical (unpaired) electrons. The van der Waals surface area contributed by atoms with Gasteiger partial charge in [-0.25, -0.2) is 0 Å². The zero-order valence-electron chi connectivity index (χ0n) is 10.5.